The lowest BCUT2D eigenvalue weighted by molar-refractivity contribution is -0.116. The van der Waals surface area contributed by atoms with Gasteiger partial charge in [-0.05, 0) is 38.0 Å². The number of carbonyl (C=O) groups excluding carboxylic acids is 1. The van der Waals surface area contributed by atoms with Crippen molar-refractivity contribution in [3.05, 3.63) is 41.3 Å². The Balaban J connectivity index is 1.80. The van der Waals surface area contributed by atoms with E-state index in [9.17, 15) is 9.18 Å². The minimum absolute atomic E-state index is 0.203. The van der Waals surface area contributed by atoms with E-state index in [1.165, 1.54) is 6.07 Å². The minimum Gasteiger partial charge on any atom is -0.339 e. The summed E-state index contributed by atoms with van der Waals surface area (Å²) in [4.78, 5) is 15.7. The Morgan fingerprint density at radius 1 is 1.40 bits per heavy atom. The van der Waals surface area contributed by atoms with Gasteiger partial charge in [-0.1, -0.05) is 11.2 Å². The van der Waals surface area contributed by atoms with Gasteiger partial charge >= 0.3 is 0 Å². The fourth-order valence-corrected chi connectivity index (χ4v) is 1.78. The summed E-state index contributed by atoms with van der Waals surface area (Å²) in [5.41, 5.74) is 1.02. The number of nitrogens with zero attached hydrogens (tertiary/aromatic N) is 2. The summed E-state index contributed by atoms with van der Waals surface area (Å²) in [5, 5.41) is 6.21. The summed E-state index contributed by atoms with van der Waals surface area (Å²) in [6.45, 7) is 3.53. The van der Waals surface area contributed by atoms with Gasteiger partial charge in [-0.3, -0.25) is 4.79 Å². The van der Waals surface area contributed by atoms with Crippen LogP contribution in [0.2, 0.25) is 0 Å². The third kappa shape index (κ3) is 3.88. The van der Waals surface area contributed by atoms with Crippen LogP contribution in [0.4, 0.5) is 10.1 Å². The second kappa shape index (κ2) is 6.27. The molecule has 1 heterocycles. The molecule has 2 rings (SSSR count). The van der Waals surface area contributed by atoms with E-state index in [1.807, 2.05) is 0 Å². The third-order valence-corrected chi connectivity index (χ3v) is 2.76. The Kier molecular flexibility index (Phi) is 4.45. The maximum Gasteiger partial charge on any atom is 0.226 e. The van der Waals surface area contributed by atoms with Crippen LogP contribution in [-0.2, 0) is 11.2 Å². The molecule has 0 bridgehead atoms. The van der Waals surface area contributed by atoms with Gasteiger partial charge in [-0.15, -0.1) is 0 Å². The third-order valence-electron chi connectivity index (χ3n) is 2.76. The molecule has 0 unspecified atom stereocenters. The van der Waals surface area contributed by atoms with Crippen molar-refractivity contribution in [1.82, 2.24) is 10.1 Å². The number of hydrogen-bond donors (Lipinski definition) is 1. The topological polar surface area (TPSA) is 68.0 Å². The van der Waals surface area contributed by atoms with Crippen LogP contribution in [0.25, 0.3) is 0 Å². The number of benzene rings is 1. The maximum absolute atomic E-state index is 13.6. The van der Waals surface area contributed by atoms with Crippen molar-refractivity contribution >= 4 is 11.6 Å². The van der Waals surface area contributed by atoms with Crippen molar-refractivity contribution in [3.63, 3.8) is 0 Å². The number of hydrogen-bond acceptors (Lipinski definition) is 4. The molecule has 5 nitrogen and oxygen atoms in total. The first-order valence-electron chi connectivity index (χ1n) is 6.40. The lowest BCUT2D eigenvalue weighted by Crippen LogP contribution is -2.12. The lowest BCUT2D eigenvalue weighted by Gasteiger charge is -2.06. The maximum atomic E-state index is 13.6. The number of nitrogens with one attached hydrogen (secondary N) is 1. The van der Waals surface area contributed by atoms with E-state index in [-0.39, 0.29) is 18.0 Å². The zero-order chi connectivity index (χ0) is 14.5. The number of carbonyl (C=O) groups is 1. The second-order valence-electron chi connectivity index (χ2n) is 4.62. The Hall–Kier alpha value is -2.24. The van der Waals surface area contributed by atoms with Crippen molar-refractivity contribution in [2.75, 3.05) is 5.32 Å². The highest BCUT2D eigenvalue weighted by atomic mass is 19.1. The van der Waals surface area contributed by atoms with Gasteiger partial charge in [-0.2, -0.15) is 4.98 Å². The van der Waals surface area contributed by atoms with Crippen LogP contribution < -0.4 is 5.32 Å². The second-order valence-corrected chi connectivity index (χ2v) is 4.62. The molecule has 0 atom stereocenters. The molecule has 0 aliphatic rings. The van der Waals surface area contributed by atoms with Gasteiger partial charge in [-0.25, -0.2) is 4.39 Å². The van der Waals surface area contributed by atoms with Crippen molar-refractivity contribution in [1.29, 1.82) is 0 Å². The summed E-state index contributed by atoms with van der Waals surface area (Å²) in [6.07, 6.45) is 1.38. The summed E-state index contributed by atoms with van der Waals surface area (Å²) >= 11 is 0. The van der Waals surface area contributed by atoms with Crippen LogP contribution in [0.5, 0.6) is 0 Å². The average molecular weight is 277 g/mol. The monoisotopic (exact) mass is 277 g/mol. The van der Waals surface area contributed by atoms with E-state index >= 15 is 0 Å². The molecule has 0 saturated carbocycles. The van der Waals surface area contributed by atoms with E-state index in [4.69, 9.17) is 4.52 Å². The first kappa shape index (κ1) is 14.2. The molecule has 0 fully saturated rings. The Labute approximate surface area is 116 Å². The molecule has 0 spiro atoms. The first-order valence-corrected chi connectivity index (χ1v) is 6.40. The number of aryl methyl sites for hydroxylation is 3. The molecule has 1 aromatic carbocycles. The van der Waals surface area contributed by atoms with Crippen molar-refractivity contribution in [2.24, 2.45) is 0 Å². The van der Waals surface area contributed by atoms with Gasteiger partial charge in [0.1, 0.15) is 5.82 Å². The normalized spacial score (nSPS) is 10.6. The van der Waals surface area contributed by atoms with E-state index in [1.54, 1.807) is 26.0 Å². The number of rotatable bonds is 5. The van der Waals surface area contributed by atoms with E-state index in [0.29, 0.717) is 24.6 Å². The largest absolute Gasteiger partial charge is 0.339 e. The molecule has 0 aliphatic carbocycles. The zero-order valence-electron chi connectivity index (χ0n) is 11.4. The van der Waals surface area contributed by atoms with Gasteiger partial charge in [0.15, 0.2) is 5.82 Å². The molecule has 6 heteroatoms. The summed E-state index contributed by atoms with van der Waals surface area (Å²) in [6, 6.07) is 4.70. The molecular weight excluding hydrogens is 261 g/mol. The smallest absolute Gasteiger partial charge is 0.226 e. The number of halogens is 1. The lowest BCUT2D eigenvalue weighted by atomic mass is 10.2. The molecule has 2 aromatic rings. The minimum atomic E-state index is -0.425. The molecule has 0 aliphatic heterocycles. The number of amides is 1. The zero-order valence-corrected chi connectivity index (χ0v) is 11.4. The van der Waals surface area contributed by atoms with Crippen LogP contribution in [0.1, 0.15) is 30.1 Å². The van der Waals surface area contributed by atoms with Crippen LogP contribution in [0.3, 0.4) is 0 Å². The SMILES string of the molecule is Cc1ccc(NC(=O)CCCc2nc(C)no2)c(F)c1. The quantitative estimate of drug-likeness (QED) is 0.912. The fourth-order valence-electron chi connectivity index (χ4n) is 1.78. The van der Waals surface area contributed by atoms with E-state index < -0.39 is 5.82 Å². The summed E-state index contributed by atoms with van der Waals surface area (Å²) in [7, 11) is 0. The molecule has 20 heavy (non-hydrogen) atoms. The fraction of sp³-hybridized carbons (Fsp3) is 0.357. The molecule has 1 amide bonds. The van der Waals surface area contributed by atoms with Crippen molar-refractivity contribution < 1.29 is 13.7 Å². The van der Waals surface area contributed by atoms with Crippen LogP contribution >= 0.6 is 0 Å². The highest BCUT2D eigenvalue weighted by Crippen LogP contribution is 2.15. The summed E-state index contributed by atoms with van der Waals surface area (Å²) in [5.74, 6) is 0.429. The number of aromatic nitrogens is 2. The van der Waals surface area contributed by atoms with Crippen LogP contribution in [0.15, 0.2) is 22.7 Å². The van der Waals surface area contributed by atoms with Crippen LogP contribution in [-0.4, -0.2) is 16.0 Å². The molecule has 106 valence electrons. The average Bonchev–Trinajstić information content (AvgIpc) is 2.79. The van der Waals surface area contributed by atoms with Gasteiger partial charge in [0, 0.05) is 12.8 Å². The van der Waals surface area contributed by atoms with Gasteiger partial charge in [0.25, 0.3) is 0 Å². The summed E-state index contributed by atoms with van der Waals surface area (Å²) < 4.78 is 18.5. The molecule has 0 saturated heterocycles. The molecule has 0 radical (unpaired) electrons. The van der Waals surface area contributed by atoms with Crippen LogP contribution in [0, 0.1) is 19.7 Å². The Bertz CT molecular complexity index is 610. The highest BCUT2D eigenvalue weighted by Gasteiger charge is 2.08. The van der Waals surface area contributed by atoms with E-state index in [2.05, 4.69) is 15.5 Å². The predicted molar refractivity (Wildman–Crippen MR) is 71.7 cm³/mol. The Morgan fingerprint density at radius 2 is 2.20 bits per heavy atom. The van der Waals surface area contributed by atoms with Gasteiger partial charge < -0.3 is 9.84 Å². The van der Waals surface area contributed by atoms with Crippen molar-refractivity contribution in [2.45, 2.75) is 33.1 Å². The molecule has 1 N–H and O–H groups in total. The number of anilines is 1. The first-order chi connectivity index (χ1) is 9.54. The molecule has 1 aromatic heterocycles. The predicted octanol–water partition coefficient (Wildman–Crippen LogP) is 2.79. The standard InChI is InChI=1S/C14H16FN3O2/c1-9-6-7-12(11(15)8-9)17-13(19)4-3-5-14-16-10(2)18-20-14/h6-8H,3-5H2,1-2H3,(H,17,19). The van der Waals surface area contributed by atoms with Gasteiger partial charge in [0.05, 0.1) is 5.69 Å². The highest BCUT2D eigenvalue weighted by molar-refractivity contribution is 5.90. The van der Waals surface area contributed by atoms with E-state index in [0.717, 1.165) is 5.56 Å². The van der Waals surface area contributed by atoms with Gasteiger partial charge in [0.2, 0.25) is 11.8 Å². The van der Waals surface area contributed by atoms with Crippen molar-refractivity contribution in [3.8, 4) is 0 Å². The molecular formula is C14H16FN3O2. The Morgan fingerprint density at radius 3 is 2.85 bits per heavy atom.